The molecule has 0 fully saturated rings. The van der Waals surface area contributed by atoms with E-state index in [1.807, 2.05) is 55.5 Å². The van der Waals surface area contributed by atoms with Gasteiger partial charge in [-0.05, 0) is 29.2 Å². The number of allylic oxidation sites excluding steroid dienone is 1. The summed E-state index contributed by atoms with van der Waals surface area (Å²) in [6.45, 7) is 6.03. The van der Waals surface area contributed by atoms with Gasteiger partial charge in [-0.15, -0.1) is 0 Å². The highest BCUT2D eigenvalue weighted by molar-refractivity contribution is 5.78. The van der Waals surface area contributed by atoms with Crippen LogP contribution in [0.15, 0.2) is 55.1 Å². The van der Waals surface area contributed by atoms with Gasteiger partial charge in [-0.1, -0.05) is 60.7 Å². The number of benzene rings is 2. The van der Waals surface area contributed by atoms with Crippen molar-refractivity contribution in [3.05, 3.63) is 77.4 Å². The third-order valence-electron chi connectivity index (χ3n) is 3.96. The largest absolute Gasteiger partial charge is 0.238 e. The van der Waals surface area contributed by atoms with Crippen molar-refractivity contribution in [2.75, 3.05) is 0 Å². The van der Waals surface area contributed by atoms with E-state index in [1.54, 1.807) is 0 Å². The molecule has 1 heteroatoms. The molecule has 0 bridgehead atoms. The van der Waals surface area contributed by atoms with Crippen LogP contribution in [0.3, 0.4) is 0 Å². The zero-order valence-electron chi connectivity index (χ0n) is 11.1. The Labute approximate surface area is 113 Å². The number of hydrogen-bond acceptors (Lipinski definition) is 0. The van der Waals surface area contributed by atoms with Crippen molar-refractivity contribution in [3.63, 3.8) is 0 Å². The Hall–Kier alpha value is -1.89. The number of fused-ring (bicyclic) bond motifs is 1. The van der Waals surface area contributed by atoms with Crippen LogP contribution >= 0.6 is 0 Å². The average Bonchev–Trinajstić information content (AvgIpc) is 2.65. The van der Waals surface area contributed by atoms with E-state index in [0.29, 0.717) is 18.4 Å². The minimum absolute atomic E-state index is 0.404. The molecule has 0 spiro atoms. The van der Waals surface area contributed by atoms with Gasteiger partial charge in [0.05, 0.1) is 0 Å². The highest BCUT2D eigenvalue weighted by atomic mass is 19.1. The quantitative estimate of drug-likeness (QED) is 0.737. The summed E-state index contributed by atoms with van der Waals surface area (Å²) in [5.41, 5.74) is 3.58. The Balaban J connectivity index is 1.90. The molecule has 0 aromatic heterocycles. The Kier molecular flexibility index (Phi) is 2.78. The van der Waals surface area contributed by atoms with E-state index in [0.717, 1.165) is 16.7 Å². The van der Waals surface area contributed by atoms with Gasteiger partial charge < -0.3 is 0 Å². The van der Waals surface area contributed by atoms with Crippen LogP contribution in [0, 0.1) is 6.92 Å². The van der Waals surface area contributed by atoms with Crippen LogP contribution in [0.5, 0.6) is 0 Å². The predicted molar refractivity (Wildman–Crippen MR) is 77.9 cm³/mol. The monoisotopic (exact) mass is 252 g/mol. The van der Waals surface area contributed by atoms with E-state index in [-0.39, 0.29) is 0 Å². The fourth-order valence-electron chi connectivity index (χ4n) is 2.82. The summed E-state index contributed by atoms with van der Waals surface area (Å²) in [7, 11) is 0. The molecular weight excluding hydrogens is 235 g/mol. The van der Waals surface area contributed by atoms with E-state index in [9.17, 15) is 0 Å². The molecule has 1 atom stereocenters. The van der Waals surface area contributed by atoms with Gasteiger partial charge in [0.1, 0.15) is 5.67 Å². The lowest BCUT2D eigenvalue weighted by Gasteiger charge is -2.21. The van der Waals surface area contributed by atoms with Gasteiger partial charge >= 0.3 is 0 Å². The third-order valence-corrected chi connectivity index (χ3v) is 3.96. The maximum Gasteiger partial charge on any atom is 0.144 e. The topological polar surface area (TPSA) is 0 Å². The van der Waals surface area contributed by atoms with Crippen molar-refractivity contribution in [1.82, 2.24) is 0 Å². The summed E-state index contributed by atoms with van der Waals surface area (Å²) in [5.74, 6) is 0. The lowest BCUT2D eigenvalue weighted by atomic mass is 9.90. The molecule has 3 rings (SSSR count). The van der Waals surface area contributed by atoms with E-state index < -0.39 is 5.67 Å². The zero-order valence-corrected chi connectivity index (χ0v) is 11.1. The van der Waals surface area contributed by atoms with Crippen molar-refractivity contribution in [1.29, 1.82) is 0 Å². The van der Waals surface area contributed by atoms with Crippen LogP contribution in [0.2, 0.25) is 0 Å². The molecular formula is C18H17F. The summed E-state index contributed by atoms with van der Waals surface area (Å²) < 4.78 is 15.2. The van der Waals surface area contributed by atoms with Crippen molar-refractivity contribution >= 4 is 5.57 Å². The molecule has 2 aromatic rings. The summed E-state index contributed by atoms with van der Waals surface area (Å²) in [5, 5.41) is 0. The molecule has 0 N–H and O–H groups in total. The maximum atomic E-state index is 15.2. The first-order chi connectivity index (χ1) is 9.08. The second-order valence-electron chi connectivity index (χ2n) is 5.44. The third kappa shape index (κ3) is 2.10. The molecule has 0 saturated heterocycles. The van der Waals surface area contributed by atoms with Gasteiger partial charge in [0.25, 0.3) is 0 Å². The Bertz CT molecular complexity index is 624. The fraction of sp³-hybridized carbons (Fsp3) is 0.222. The smallest absolute Gasteiger partial charge is 0.144 e. The van der Waals surface area contributed by atoms with Gasteiger partial charge in [-0.2, -0.15) is 0 Å². The molecule has 1 unspecified atom stereocenters. The van der Waals surface area contributed by atoms with Crippen LogP contribution in [0.1, 0.15) is 22.3 Å². The number of aryl methyl sites for hydroxylation is 1. The first kappa shape index (κ1) is 12.2. The van der Waals surface area contributed by atoms with E-state index in [2.05, 4.69) is 6.58 Å². The Morgan fingerprint density at radius 3 is 2.47 bits per heavy atom. The fourth-order valence-corrected chi connectivity index (χ4v) is 2.82. The molecule has 0 aliphatic heterocycles. The van der Waals surface area contributed by atoms with E-state index in [1.165, 1.54) is 5.56 Å². The highest BCUT2D eigenvalue weighted by Gasteiger charge is 2.40. The summed E-state index contributed by atoms with van der Waals surface area (Å²) in [6.07, 6.45) is 0.844. The van der Waals surface area contributed by atoms with Crippen LogP contribution in [0.4, 0.5) is 4.39 Å². The van der Waals surface area contributed by atoms with Crippen molar-refractivity contribution in [2.45, 2.75) is 25.4 Å². The maximum absolute atomic E-state index is 15.2. The SMILES string of the molecule is C=C1c2ccccc2CC1(F)Cc1ccc(C)cc1. The molecule has 1 aliphatic carbocycles. The van der Waals surface area contributed by atoms with Crippen LogP contribution < -0.4 is 0 Å². The van der Waals surface area contributed by atoms with Gasteiger partial charge in [0.2, 0.25) is 0 Å². The lowest BCUT2D eigenvalue weighted by Crippen LogP contribution is -2.25. The average molecular weight is 252 g/mol. The van der Waals surface area contributed by atoms with Gasteiger partial charge in [0, 0.05) is 12.8 Å². The molecule has 96 valence electrons. The zero-order chi connectivity index (χ0) is 13.5. The molecule has 0 radical (unpaired) electrons. The molecule has 0 amide bonds. The summed E-state index contributed by atoms with van der Waals surface area (Å²) in [6, 6.07) is 15.9. The van der Waals surface area contributed by atoms with Crippen LogP contribution in [-0.2, 0) is 12.8 Å². The molecule has 1 aliphatic rings. The van der Waals surface area contributed by atoms with Crippen molar-refractivity contribution < 1.29 is 4.39 Å². The molecule has 2 aromatic carbocycles. The highest BCUT2D eigenvalue weighted by Crippen LogP contribution is 2.43. The number of halogens is 1. The Morgan fingerprint density at radius 1 is 1.11 bits per heavy atom. The van der Waals surface area contributed by atoms with Crippen molar-refractivity contribution in [3.8, 4) is 0 Å². The van der Waals surface area contributed by atoms with Gasteiger partial charge in [-0.25, -0.2) is 4.39 Å². The molecule has 0 saturated carbocycles. The minimum atomic E-state index is -1.33. The van der Waals surface area contributed by atoms with Gasteiger partial charge in [0.15, 0.2) is 0 Å². The second-order valence-corrected chi connectivity index (χ2v) is 5.44. The van der Waals surface area contributed by atoms with E-state index >= 15 is 4.39 Å². The first-order valence-corrected chi connectivity index (χ1v) is 6.61. The molecule has 0 nitrogen and oxygen atoms in total. The standard InChI is InChI=1S/C18H17F/c1-13-7-9-15(10-8-13)11-18(19)12-16-5-3-4-6-17(16)14(18)2/h3-10H,2,11-12H2,1H3. The van der Waals surface area contributed by atoms with Crippen LogP contribution in [0.25, 0.3) is 5.57 Å². The van der Waals surface area contributed by atoms with Crippen molar-refractivity contribution in [2.24, 2.45) is 0 Å². The predicted octanol–water partition coefficient (Wildman–Crippen LogP) is 4.52. The second kappa shape index (κ2) is 4.34. The normalized spacial score (nSPS) is 21.5. The molecule has 19 heavy (non-hydrogen) atoms. The lowest BCUT2D eigenvalue weighted by molar-refractivity contribution is 0.250. The van der Waals surface area contributed by atoms with Gasteiger partial charge in [-0.3, -0.25) is 0 Å². The number of alkyl halides is 1. The van der Waals surface area contributed by atoms with Crippen LogP contribution in [-0.4, -0.2) is 5.67 Å². The Morgan fingerprint density at radius 2 is 1.79 bits per heavy atom. The first-order valence-electron chi connectivity index (χ1n) is 6.61. The summed E-state index contributed by atoms with van der Waals surface area (Å²) >= 11 is 0. The number of hydrogen-bond donors (Lipinski definition) is 0. The minimum Gasteiger partial charge on any atom is -0.238 e. The number of rotatable bonds is 2. The molecule has 0 heterocycles. The summed E-state index contributed by atoms with van der Waals surface area (Å²) in [4.78, 5) is 0. The van der Waals surface area contributed by atoms with E-state index in [4.69, 9.17) is 0 Å².